The molecule has 0 amide bonds. The van der Waals surface area contributed by atoms with Crippen LogP contribution in [0.5, 0.6) is 0 Å². The predicted octanol–water partition coefficient (Wildman–Crippen LogP) is 7.13. The van der Waals surface area contributed by atoms with E-state index in [2.05, 4.69) is 56.5 Å². The highest BCUT2D eigenvalue weighted by atomic mass is 16.6. The van der Waals surface area contributed by atoms with Gasteiger partial charge < -0.3 is 0 Å². The number of non-ortho nitro benzene ring substituents is 1. The molecule has 1 aromatic carbocycles. The Morgan fingerprint density at radius 2 is 2.00 bits per heavy atom. The average Bonchev–Trinajstić information content (AvgIpc) is 2.69. The number of allylic oxidation sites excluding steroid dienone is 10. The van der Waals surface area contributed by atoms with Crippen LogP contribution >= 0.6 is 0 Å². The first-order chi connectivity index (χ1) is 14.3. The van der Waals surface area contributed by atoms with Crippen molar-refractivity contribution in [2.75, 3.05) is 5.43 Å². The summed E-state index contributed by atoms with van der Waals surface area (Å²) in [6.07, 6.45) is 19.5. The Hall–Kier alpha value is -3.21. The molecule has 2 rings (SSSR count). The zero-order valence-electron chi connectivity index (χ0n) is 18.3. The second kappa shape index (κ2) is 11.1. The van der Waals surface area contributed by atoms with Gasteiger partial charge in [0.25, 0.3) is 5.69 Å². The lowest BCUT2D eigenvalue weighted by Gasteiger charge is -2.32. The molecule has 5 nitrogen and oxygen atoms in total. The third-order valence-corrected chi connectivity index (χ3v) is 5.16. The lowest BCUT2D eigenvalue weighted by atomic mass is 9.72. The Kier molecular flexibility index (Phi) is 8.54. The molecule has 0 radical (unpaired) electrons. The second-order valence-corrected chi connectivity index (χ2v) is 8.14. The van der Waals surface area contributed by atoms with Gasteiger partial charge in [-0.15, -0.1) is 0 Å². The summed E-state index contributed by atoms with van der Waals surface area (Å²) in [5.74, 6) is 0. The van der Waals surface area contributed by atoms with Gasteiger partial charge in [-0.2, -0.15) is 5.10 Å². The van der Waals surface area contributed by atoms with Gasteiger partial charge in [-0.1, -0.05) is 67.5 Å². The number of hydrogen-bond donors (Lipinski definition) is 1. The third kappa shape index (κ3) is 7.32. The van der Waals surface area contributed by atoms with E-state index in [4.69, 9.17) is 0 Å². The van der Waals surface area contributed by atoms with Crippen molar-refractivity contribution in [3.8, 4) is 0 Å². The summed E-state index contributed by atoms with van der Waals surface area (Å²) < 4.78 is 0. The van der Waals surface area contributed by atoms with E-state index in [1.807, 2.05) is 18.2 Å². The van der Waals surface area contributed by atoms with E-state index in [9.17, 15) is 10.1 Å². The summed E-state index contributed by atoms with van der Waals surface area (Å²) in [5.41, 5.74) is 7.81. The summed E-state index contributed by atoms with van der Waals surface area (Å²) in [7, 11) is 0. The number of rotatable bonds is 8. The van der Waals surface area contributed by atoms with Crippen LogP contribution in [0.15, 0.2) is 88.6 Å². The van der Waals surface area contributed by atoms with E-state index in [0.29, 0.717) is 5.69 Å². The highest BCUT2D eigenvalue weighted by molar-refractivity contribution is 5.72. The van der Waals surface area contributed by atoms with Crippen LogP contribution in [0.1, 0.15) is 47.0 Å². The molecular weight excluding hydrogens is 374 g/mol. The van der Waals surface area contributed by atoms with Crippen molar-refractivity contribution in [3.05, 3.63) is 93.6 Å². The molecular formula is C25H31N3O2. The van der Waals surface area contributed by atoms with Crippen LogP contribution in [-0.2, 0) is 0 Å². The van der Waals surface area contributed by atoms with Crippen LogP contribution in [0.4, 0.5) is 11.4 Å². The van der Waals surface area contributed by atoms with Crippen molar-refractivity contribution < 1.29 is 4.92 Å². The smallest absolute Gasteiger partial charge is 0.271 e. The average molecular weight is 406 g/mol. The summed E-state index contributed by atoms with van der Waals surface area (Å²) in [6.45, 7) is 9.00. The van der Waals surface area contributed by atoms with E-state index >= 15 is 0 Å². The Morgan fingerprint density at radius 1 is 1.23 bits per heavy atom. The first kappa shape index (κ1) is 23.1. The molecule has 158 valence electrons. The number of nitrogens with zero attached hydrogens (tertiary/aromatic N) is 2. The molecule has 30 heavy (non-hydrogen) atoms. The van der Waals surface area contributed by atoms with Gasteiger partial charge in [0.15, 0.2) is 0 Å². The largest absolute Gasteiger partial charge is 0.278 e. The fourth-order valence-electron chi connectivity index (χ4n) is 3.51. The molecule has 0 fully saturated rings. The number of benzene rings is 1. The topological polar surface area (TPSA) is 67.5 Å². The molecule has 0 spiro atoms. The molecule has 1 aliphatic carbocycles. The normalized spacial score (nSPS) is 17.7. The van der Waals surface area contributed by atoms with Crippen molar-refractivity contribution in [3.63, 3.8) is 0 Å². The monoisotopic (exact) mass is 405 g/mol. The van der Waals surface area contributed by atoms with E-state index in [1.54, 1.807) is 24.4 Å². The minimum absolute atomic E-state index is 0.0309. The Bertz CT molecular complexity index is 931. The fourth-order valence-corrected chi connectivity index (χ4v) is 3.51. The van der Waals surface area contributed by atoms with Gasteiger partial charge in [0.05, 0.1) is 10.6 Å². The highest BCUT2D eigenvalue weighted by Gasteiger charge is 2.26. The lowest BCUT2D eigenvalue weighted by Crippen LogP contribution is -2.19. The maximum absolute atomic E-state index is 10.8. The lowest BCUT2D eigenvalue weighted by molar-refractivity contribution is -0.384. The van der Waals surface area contributed by atoms with Gasteiger partial charge in [-0.05, 0) is 56.2 Å². The molecule has 5 heteroatoms. The Labute approximate surface area is 179 Å². The molecule has 1 aliphatic rings. The van der Waals surface area contributed by atoms with E-state index in [-0.39, 0.29) is 11.1 Å². The number of nitro benzene ring substituents is 1. The second-order valence-electron chi connectivity index (χ2n) is 8.14. The van der Waals surface area contributed by atoms with Crippen molar-refractivity contribution in [1.82, 2.24) is 0 Å². The summed E-state index contributed by atoms with van der Waals surface area (Å²) >= 11 is 0. The standard InChI is InChI=1S/C25H31N3O2/c1-20(15-16-24-21(2)12-10-17-25(24,3)4)11-7-5-6-8-18-26-27-22-13-9-14-23(19-22)28(29)30/h5-9,11,13-16,18-19,27H,10,12,17H2,1-4H3. The summed E-state index contributed by atoms with van der Waals surface area (Å²) in [4.78, 5) is 10.3. The molecule has 1 aromatic rings. The van der Waals surface area contributed by atoms with Crippen LogP contribution in [0.2, 0.25) is 0 Å². The Balaban J connectivity index is 1.84. The van der Waals surface area contributed by atoms with Gasteiger partial charge in [-0.25, -0.2) is 0 Å². The predicted molar refractivity (Wildman–Crippen MR) is 127 cm³/mol. The first-order valence-electron chi connectivity index (χ1n) is 10.2. The zero-order chi connectivity index (χ0) is 22.0. The molecule has 0 unspecified atom stereocenters. The molecule has 0 heterocycles. The van der Waals surface area contributed by atoms with Gasteiger partial charge in [0.1, 0.15) is 0 Å². The molecule has 0 aromatic heterocycles. The van der Waals surface area contributed by atoms with Crippen LogP contribution in [-0.4, -0.2) is 11.1 Å². The molecule has 0 bridgehead atoms. The number of hydrogen-bond acceptors (Lipinski definition) is 4. The van der Waals surface area contributed by atoms with E-state index < -0.39 is 4.92 Å². The fraction of sp³-hybridized carbons (Fsp3) is 0.320. The van der Waals surface area contributed by atoms with Crippen molar-refractivity contribution in [1.29, 1.82) is 0 Å². The van der Waals surface area contributed by atoms with Gasteiger partial charge >= 0.3 is 0 Å². The molecule has 0 saturated carbocycles. The summed E-state index contributed by atoms with van der Waals surface area (Å²) in [6, 6.07) is 6.22. The van der Waals surface area contributed by atoms with Gasteiger partial charge in [-0.3, -0.25) is 15.5 Å². The molecule has 0 saturated heterocycles. The number of hydrazone groups is 1. The maximum atomic E-state index is 10.8. The van der Waals surface area contributed by atoms with Crippen LogP contribution < -0.4 is 5.43 Å². The number of nitro groups is 1. The minimum atomic E-state index is -0.432. The zero-order valence-corrected chi connectivity index (χ0v) is 18.3. The quantitative estimate of drug-likeness (QED) is 0.216. The van der Waals surface area contributed by atoms with Crippen molar-refractivity contribution >= 4 is 17.6 Å². The SMILES string of the molecule is CC(C=CC1=C(C)CCCC1(C)C)=CC=CC=CC=NNc1cccc([N+](=O)[O-])c1. The minimum Gasteiger partial charge on any atom is -0.278 e. The molecule has 0 aliphatic heterocycles. The first-order valence-corrected chi connectivity index (χ1v) is 10.2. The molecule has 0 atom stereocenters. The molecule has 1 N–H and O–H groups in total. The maximum Gasteiger partial charge on any atom is 0.271 e. The van der Waals surface area contributed by atoms with Crippen molar-refractivity contribution in [2.24, 2.45) is 10.5 Å². The Morgan fingerprint density at radius 3 is 2.73 bits per heavy atom. The van der Waals surface area contributed by atoms with Crippen LogP contribution in [0, 0.1) is 15.5 Å². The highest BCUT2D eigenvalue weighted by Crippen LogP contribution is 2.40. The van der Waals surface area contributed by atoms with Crippen LogP contribution in [0.25, 0.3) is 0 Å². The number of nitrogens with one attached hydrogen (secondary N) is 1. The van der Waals surface area contributed by atoms with Gasteiger partial charge in [0.2, 0.25) is 0 Å². The van der Waals surface area contributed by atoms with E-state index in [0.717, 1.165) is 0 Å². The van der Waals surface area contributed by atoms with E-state index in [1.165, 1.54) is 48.1 Å². The summed E-state index contributed by atoms with van der Waals surface area (Å²) in [5, 5.41) is 14.8. The number of anilines is 1. The van der Waals surface area contributed by atoms with Crippen LogP contribution in [0.3, 0.4) is 0 Å². The third-order valence-electron chi connectivity index (χ3n) is 5.16. The van der Waals surface area contributed by atoms with Gasteiger partial charge in [0, 0.05) is 18.3 Å². The van der Waals surface area contributed by atoms with Crippen molar-refractivity contribution in [2.45, 2.75) is 47.0 Å².